The van der Waals surface area contributed by atoms with Gasteiger partial charge in [0.25, 0.3) is 0 Å². The second-order valence-corrected chi connectivity index (χ2v) is 5.52. The molecule has 1 heteroatoms. The summed E-state index contributed by atoms with van der Waals surface area (Å²) in [5.74, 6) is 0. The Morgan fingerprint density at radius 2 is 1.33 bits per heavy atom. The molecule has 2 aromatic carbocycles. The highest BCUT2D eigenvalue weighted by molar-refractivity contribution is 5.66. The molecule has 0 N–H and O–H groups in total. The third-order valence-corrected chi connectivity index (χ3v) is 3.85. The smallest absolute Gasteiger partial charge is 0.187 e. The average molecular weight is 277 g/mol. The molecule has 0 saturated carbocycles. The van der Waals surface area contributed by atoms with Gasteiger partial charge in [-0.15, -0.1) is 0 Å². The van der Waals surface area contributed by atoms with Crippen LogP contribution >= 0.6 is 0 Å². The van der Waals surface area contributed by atoms with Crippen LogP contribution in [0.1, 0.15) is 44.6 Å². The average Bonchev–Trinajstić information content (AvgIpc) is 2.55. The van der Waals surface area contributed by atoms with Crippen molar-refractivity contribution < 1.29 is 0 Å². The Labute approximate surface area is 128 Å². The third-order valence-electron chi connectivity index (χ3n) is 3.85. The third kappa shape index (κ3) is 4.76. The van der Waals surface area contributed by atoms with Crippen LogP contribution in [-0.4, -0.2) is 0 Å². The van der Waals surface area contributed by atoms with Gasteiger partial charge in [-0.1, -0.05) is 81.1 Å². The summed E-state index contributed by atoms with van der Waals surface area (Å²) in [5, 5.41) is 0. The fourth-order valence-electron chi connectivity index (χ4n) is 2.52. The van der Waals surface area contributed by atoms with Gasteiger partial charge in [0.2, 0.25) is 0 Å². The summed E-state index contributed by atoms with van der Waals surface area (Å²) in [4.78, 5) is 3.42. The molecular weight excluding hydrogens is 254 g/mol. The van der Waals surface area contributed by atoms with Crippen LogP contribution in [0.5, 0.6) is 0 Å². The van der Waals surface area contributed by atoms with E-state index in [2.05, 4.69) is 36.0 Å². The molecule has 108 valence electrons. The molecule has 0 spiro atoms. The topological polar surface area (TPSA) is 4.36 Å². The highest BCUT2D eigenvalue weighted by Gasteiger charge is 1.99. The summed E-state index contributed by atoms with van der Waals surface area (Å²) in [6.45, 7) is 9.23. The first-order valence-corrected chi connectivity index (χ1v) is 7.90. The van der Waals surface area contributed by atoms with Crippen molar-refractivity contribution in [3.63, 3.8) is 0 Å². The summed E-state index contributed by atoms with van der Waals surface area (Å²) in [6.07, 6.45) is 7.84. The van der Waals surface area contributed by atoms with E-state index in [-0.39, 0.29) is 0 Å². The zero-order valence-electron chi connectivity index (χ0n) is 12.8. The maximum Gasteiger partial charge on any atom is 0.187 e. The summed E-state index contributed by atoms with van der Waals surface area (Å²) < 4.78 is 0. The van der Waals surface area contributed by atoms with E-state index in [1.165, 1.54) is 55.2 Å². The van der Waals surface area contributed by atoms with Gasteiger partial charge in [-0.25, -0.2) is 4.85 Å². The largest absolute Gasteiger partial charge is 0.238 e. The van der Waals surface area contributed by atoms with Crippen molar-refractivity contribution in [2.75, 3.05) is 0 Å². The highest BCUT2D eigenvalue weighted by atomic mass is 14.6. The molecule has 0 aromatic heterocycles. The molecular formula is C20H23N. The van der Waals surface area contributed by atoms with E-state index >= 15 is 0 Å². The van der Waals surface area contributed by atoms with Crippen LogP contribution in [0.4, 0.5) is 5.69 Å². The van der Waals surface area contributed by atoms with Crippen LogP contribution in [0.25, 0.3) is 16.0 Å². The van der Waals surface area contributed by atoms with Crippen molar-refractivity contribution in [3.05, 3.63) is 65.5 Å². The maximum atomic E-state index is 6.98. The summed E-state index contributed by atoms with van der Waals surface area (Å²) in [6, 6.07) is 16.6. The van der Waals surface area contributed by atoms with Gasteiger partial charge < -0.3 is 0 Å². The summed E-state index contributed by atoms with van der Waals surface area (Å²) >= 11 is 0. The lowest BCUT2D eigenvalue weighted by atomic mass is 10.0. The van der Waals surface area contributed by atoms with Crippen molar-refractivity contribution in [1.82, 2.24) is 0 Å². The molecule has 0 bridgehead atoms. The van der Waals surface area contributed by atoms with Crippen LogP contribution < -0.4 is 0 Å². The van der Waals surface area contributed by atoms with Crippen LogP contribution in [0, 0.1) is 6.57 Å². The molecule has 0 aliphatic heterocycles. The van der Waals surface area contributed by atoms with Gasteiger partial charge in [0.1, 0.15) is 0 Å². The minimum atomic E-state index is 0.697. The lowest BCUT2D eigenvalue weighted by Gasteiger charge is -2.05. The molecule has 1 nitrogen and oxygen atoms in total. The van der Waals surface area contributed by atoms with Crippen molar-refractivity contribution in [2.45, 2.75) is 45.4 Å². The monoisotopic (exact) mass is 277 g/mol. The van der Waals surface area contributed by atoms with Gasteiger partial charge in [-0.3, -0.25) is 0 Å². The van der Waals surface area contributed by atoms with Gasteiger partial charge in [0.15, 0.2) is 5.69 Å². The molecule has 2 aromatic rings. The first kappa shape index (κ1) is 15.3. The Hall–Kier alpha value is -2.07. The first-order valence-electron chi connectivity index (χ1n) is 7.90. The zero-order chi connectivity index (χ0) is 14.9. The summed E-state index contributed by atoms with van der Waals surface area (Å²) in [7, 11) is 0. The lowest BCUT2D eigenvalue weighted by molar-refractivity contribution is 0.632. The van der Waals surface area contributed by atoms with Gasteiger partial charge in [-0.2, -0.15) is 0 Å². The van der Waals surface area contributed by atoms with Crippen LogP contribution in [0.15, 0.2) is 48.5 Å². The molecule has 0 amide bonds. The predicted molar refractivity (Wildman–Crippen MR) is 90.6 cm³/mol. The van der Waals surface area contributed by atoms with Crippen molar-refractivity contribution >= 4 is 5.69 Å². The lowest BCUT2D eigenvalue weighted by Crippen LogP contribution is -1.86. The zero-order valence-corrected chi connectivity index (χ0v) is 12.8. The van der Waals surface area contributed by atoms with E-state index in [0.29, 0.717) is 5.69 Å². The molecule has 0 heterocycles. The highest BCUT2D eigenvalue weighted by Crippen LogP contribution is 2.23. The Morgan fingerprint density at radius 3 is 1.90 bits per heavy atom. The predicted octanol–water partition coefficient (Wildman–Crippen LogP) is 6.42. The number of aryl methyl sites for hydroxylation is 1. The van der Waals surface area contributed by atoms with E-state index in [0.717, 1.165) is 0 Å². The molecule has 21 heavy (non-hydrogen) atoms. The Balaban J connectivity index is 1.90. The molecule has 0 unspecified atom stereocenters. The Bertz CT molecular complexity index is 573. The normalized spacial score (nSPS) is 10.3. The molecule has 0 fully saturated rings. The van der Waals surface area contributed by atoms with Crippen molar-refractivity contribution in [1.29, 1.82) is 0 Å². The minimum Gasteiger partial charge on any atom is -0.238 e. The molecule has 0 saturated heterocycles. The quantitative estimate of drug-likeness (QED) is 0.406. The maximum absolute atomic E-state index is 6.98. The summed E-state index contributed by atoms with van der Waals surface area (Å²) in [5.41, 5.74) is 4.52. The molecule has 0 aliphatic carbocycles. The van der Waals surface area contributed by atoms with Gasteiger partial charge >= 0.3 is 0 Å². The van der Waals surface area contributed by atoms with Crippen molar-refractivity contribution in [3.8, 4) is 11.1 Å². The second kappa shape index (κ2) is 8.27. The van der Waals surface area contributed by atoms with Crippen LogP contribution in [0.3, 0.4) is 0 Å². The Morgan fingerprint density at radius 1 is 0.762 bits per heavy atom. The van der Waals surface area contributed by atoms with Gasteiger partial charge in [-0.05, 0) is 29.5 Å². The van der Waals surface area contributed by atoms with E-state index in [1.54, 1.807) is 0 Å². The number of hydrogen-bond acceptors (Lipinski definition) is 0. The van der Waals surface area contributed by atoms with E-state index in [9.17, 15) is 0 Å². The number of hydrogen-bond donors (Lipinski definition) is 0. The second-order valence-electron chi connectivity index (χ2n) is 5.52. The first-order chi connectivity index (χ1) is 10.3. The van der Waals surface area contributed by atoms with E-state index in [1.807, 2.05) is 24.3 Å². The number of rotatable bonds is 7. The van der Waals surface area contributed by atoms with Gasteiger partial charge in [0, 0.05) is 0 Å². The number of unbranched alkanes of at least 4 members (excludes halogenated alkanes) is 4. The van der Waals surface area contributed by atoms with Gasteiger partial charge in [0.05, 0.1) is 6.57 Å². The number of nitrogens with zero attached hydrogens (tertiary/aromatic N) is 1. The van der Waals surface area contributed by atoms with Crippen LogP contribution in [-0.2, 0) is 6.42 Å². The van der Waals surface area contributed by atoms with E-state index in [4.69, 9.17) is 6.57 Å². The molecule has 0 aliphatic rings. The SMILES string of the molecule is [C-]#[N+]c1ccc(-c2ccc(CCCCCCC)cc2)cc1. The van der Waals surface area contributed by atoms with Crippen molar-refractivity contribution in [2.24, 2.45) is 0 Å². The van der Waals surface area contributed by atoms with Crippen LogP contribution in [0.2, 0.25) is 0 Å². The molecule has 2 rings (SSSR count). The fraction of sp³-hybridized carbons (Fsp3) is 0.350. The molecule has 0 radical (unpaired) electrons. The number of benzene rings is 2. The Kier molecular flexibility index (Phi) is 6.03. The standard InChI is InChI=1S/C20H23N/c1-3-4-5-6-7-8-17-9-11-18(12-10-17)19-13-15-20(21-2)16-14-19/h9-16H,3-8H2,1H3. The van der Waals surface area contributed by atoms with E-state index < -0.39 is 0 Å². The fourth-order valence-corrected chi connectivity index (χ4v) is 2.52. The molecule has 0 atom stereocenters. The minimum absolute atomic E-state index is 0.697.